The molecule has 1 atom stereocenters. The highest BCUT2D eigenvalue weighted by molar-refractivity contribution is 6.46. The largest absolute Gasteiger partial charge is 0.507 e. The van der Waals surface area contributed by atoms with Crippen LogP contribution in [-0.4, -0.2) is 46.9 Å². The number of carbonyl (C=O) groups is 3. The minimum Gasteiger partial charge on any atom is -0.507 e. The van der Waals surface area contributed by atoms with E-state index in [-0.39, 0.29) is 29.0 Å². The topological polar surface area (TPSA) is 106 Å². The second-order valence-electron chi connectivity index (χ2n) is 7.75. The van der Waals surface area contributed by atoms with Gasteiger partial charge in [0.1, 0.15) is 5.76 Å². The number of methoxy groups -OCH3 is 2. The fourth-order valence-electron chi connectivity index (χ4n) is 3.96. The van der Waals surface area contributed by atoms with E-state index in [4.69, 9.17) is 9.47 Å². The van der Waals surface area contributed by atoms with Crippen molar-refractivity contribution < 1.29 is 33.4 Å². The first kappa shape index (κ1) is 23.6. The number of hydrogen-bond donors (Lipinski definition) is 1. The van der Waals surface area contributed by atoms with Gasteiger partial charge in [-0.1, -0.05) is 12.1 Å². The van der Waals surface area contributed by atoms with E-state index in [9.17, 15) is 23.9 Å². The number of aromatic nitrogens is 1. The molecule has 8 nitrogen and oxygen atoms in total. The van der Waals surface area contributed by atoms with E-state index in [0.29, 0.717) is 11.1 Å². The van der Waals surface area contributed by atoms with Crippen molar-refractivity contribution in [2.24, 2.45) is 0 Å². The van der Waals surface area contributed by atoms with Crippen LogP contribution in [0.25, 0.3) is 5.76 Å². The monoisotopic (exact) mass is 476 g/mol. The Kier molecular flexibility index (Phi) is 6.59. The molecule has 0 bridgehead atoms. The first-order valence-corrected chi connectivity index (χ1v) is 10.5. The van der Waals surface area contributed by atoms with E-state index in [2.05, 4.69) is 4.98 Å². The second-order valence-corrected chi connectivity index (χ2v) is 7.75. The summed E-state index contributed by atoms with van der Waals surface area (Å²) in [6.07, 6.45) is 3.12. The fourth-order valence-corrected chi connectivity index (χ4v) is 3.96. The Morgan fingerprint density at radius 2 is 1.69 bits per heavy atom. The van der Waals surface area contributed by atoms with E-state index < -0.39 is 35.3 Å². The highest BCUT2D eigenvalue weighted by Gasteiger charge is 2.46. The summed E-state index contributed by atoms with van der Waals surface area (Å²) in [4.78, 5) is 43.3. The van der Waals surface area contributed by atoms with E-state index in [1.165, 1.54) is 43.4 Å². The number of likely N-dealkylation sites (tertiary alicyclic amines) is 1. The Labute approximate surface area is 200 Å². The number of ketones is 1. The van der Waals surface area contributed by atoms with Crippen LogP contribution in [0.4, 0.5) is 4.39 Å². The predicted molar refractivity (Wildman–Crippen MR) is 123 cm³/mol. The molecule has 0 saturated carbocycles. The number of benzene rings is 2. The lowest BCUT2D eigenvalue weighted by atomic mass is 9.94. The van der Waals surface area contributed by atoms with Gasteiger partial charge in [0.2, 0.25) is 0 Å². The summed E-state index contributed by atoms with van der Waals surface area (Å²) in [5.41, 5.74) is 1.29. The van der Waals surface area contributed by atoms with Crippen LogP contribution in [-0.2, 0) is 20.9 Å². The molecule has 2 aromatic carbocycles. The van der Waals surface area contributed by atoms with Crippen molar-refractivity contribution in [3.63, 3.8) is 0 Å². The lowest BCUT2D eigenvalue weighted by Gasteiger charge is -2.25. The number of carbonyl (C=O) groups excluding carboxylic acids is 3. The molecular weight excluding hydrogens is 455 g/mol. The number of halogens is 1. The smallest absolute Gasteiger partial charge is 0.337 e. The van der Waals surface area contributed by atoms with E-state index in [0.717, 1.165) is 6.07 Å². The van der Waals surface area contributed by atoms with E-state index >= 15 is 0 Å². The molecule has 3 aromatic rings. The summed E-state index contributed by atoms with van der Waals surface area (Å²) in [7, 11) is 2.56. The van der Waals surface area contributed by atoms with Crippen molar-refractivity contribution in [2.75, 3.05) is 14.2 Å². The number of aliphatic hydroxyl groups is 1. The minimum atomic E-state index is -0.986. The van der Waals surface area contributed by atoms with Gasteiger partial charge in [0.25, 0.3) is 11.7 Å². The van der Waals surface area contributed by atoms with Crippen LogP contribution in [0.2, 0.25) is 0 Å². The van der Waals surface area contributed by atoms with Crippen molar-refractivity contribution >= 4 is 23.4 Å². The molecule has 2 heterocycles. The normalized spacial score (nSPS) is 16.9. The zero-order valence-corrected chi connectivity index (χ0v) is 18.9. The average Bonchev–Trinajstić information content (AvgIpc) is 3.13. The van der Waals surface area contributed by atoms with Gasteiger partial charge in [0, 0.05) is 24.5 Å². The molecule has 35 heavy (non-hydrogen) atoms. The molecule has 1 saturated heterocycles. The summed E-state index contributed by atoms with van der Waals surface area (Å²) >= 11 is 0. The lowest BCUT2D eigenvalue weighted by molar-refractivity contribution is -0.140. The van der Waals surface area contributed by atoms with E-state index in [1.54, 1.807) is 36.7 Å². The SMILES string of the molecule is COC(=O)c1ccc(C2/C(=C(\O)c3ccc(OC)c(F)c3)C(=O)C(=O)N2Cc2ccncc2)cc1. The molecule has 1 aliphatic heterocycles. The van der Waals surface area contributed by atoms with Gasteiger partial charge in [-0.05, 0) is 53.6 Å². The van der Waals surface area contributed by atoms with Gasteiger partial charge in [0.15, 0.2) is 11.6 Å². The third-order valence-corrected chi connectivity index (χ3v) is 5.71. The summed E-state index contributed by atoms with van der Waals surface area (Å²) < 4.78 is 24.0. The first-order valence-electron chi connectivity index (χ1n) is 10.5. The van der Waals surface area contributed by atoms with Crippen LogP contribution in [0.5, 0.6) is 5.75 Å². The second kappa shape index (κ2) is 9.76. The molecule has 0 radical (unpaired) electrons. The summed E-state index contributed by atoms with van der Waals surface area (Å²) in [5, 5.41) is 11.1. The number of esters is 1. The van der Waals surface area contributed by atoms with Crippen molar-refractivity contribution in [1.29, 1.82) is 0 Å². The Hall–Kier alpha value is -4.53. The maximum absolute atomic E-state index is 14.3. The Balaban J connectivity index is 1.85. The van der Waals surface area contributed by atoms with E-state index in [1.807, 2.05) is 0 Å². The molecule has 1 amide bonds. The molecular formula is C26H21FN2O6. The van der Waals surface area contributed by atoms with Gasteiger partial charge >= 0.3 is 5.97 Å². The molecule has 1 aromatic heterocycles. The Morgan fingerprint density at radius 3 is 2.29 bits per heavy atom. The van der Waals surface area contributed by atoms with Crippen molar-refractivity contribution in [3.8, 4) is 5.75 Å². The first-order chi connectivity index (χ1) is 16.8. The number of Topliss-reactive ketones (excluding diaryl/α,β-unsaturated/α-hetero) is 1. The number of rotatable bonds is 6. The number of amides is 1. The molecule has 1 unspecified atom stereocenters. The number of ether oxygens (including phenoxy) is 2. The van der Waals surface area contributed by atoms with Crippen LogP contribution in [0, 0.1) is 5.82 Å². The lowest BCUT2D eigenvalue weighted by Crippen LogP contribution is -2.29. The molecule has 0 spiro atoms. The quantitative estimate of drug-likeness (QED) is 0.251. The van der Waals surface area contributed by atoms with Crippen molar-refractivity contribution in [3.05, 3.63) is 101 Å². The third-order valence-electron chi connectivity index (χ3n) is 5.71. The molecule has 178 valence electrons. The maximum atomic E-state index is 14.3. The van der Waals surface area contributed by atoms with Crippen LogP contribution in [0.15, 0.2) is 72.6 Å². The highest BCUT2D eigenvalue weighted by atomic mass is 19.1. The van der Waals surface area contributed by atoms with Crippen LogP contribution < -0.4 is 4.74 Å². The highest BCUT2D eigenvalue weighted by Crippen LogP contribution is 2.40. The third kappa shape index (κ3) is 4.48. The molecule has 1 aliphatic rings. The number of nitrogens with zero attached hydrogens (tertiary/aromatic N) is 2. The molecule has 4 rings (SSSR count). The maximum Gasteiger partial charge on any atom is 0.337 e. The standard InChI is InChI=1S/C26H21FN2O6/c1-34-20-8-7-18(13-19(20)27)23(30)21-22(16-3-5-17(6-4-16)26(33)35-2)29(25(32)24(21)31)14-15-9-11-28-12-10-15/h3-13,22,30H,14H2,1-2H3/b23-21+. The zero-order chi connectivity index (χ0) is 25.1. The van der Waals surface area contributed by atoms with Gasteiger partial charge in [-0.3, -0.25) is 14.6 Å². The number of aliphatic hydroxyl groups excluding tert-OH is 1. The summed E-state index contributed by atoms with van der Waals surface area (Å²) in [6.45, 7) is 0.0598. The predicted octanol–water partition coefficient (Wildman–Crippen LogP) is 3.64. The van der Waals surface area contributed by atoms with Gasteiger partial charge in [0.05, 0.1) is 31.4 Å². The number of hydrogen-bond acceptors (Lipinski definition) is 7. The molecule has 9 heteroatoms. The van der Waals surface area contributed by atoms with Crippen LogP contribution >= 0.6 is 0 Å². The average molecular weight is 476 g/mol. The molecule has 1 N–H and O–H groups in total. The Bertz CT molecular complexity index is 1320. The van der Waals surface area contributed by atoms with Crippen molar-refractivity contribution in [1.82, 2.24) is 9.88 Å². The van der Waals surface area contributed by atoms with Crippen molar-refractivity contribution in [2.45, 2.75) is 12.6 Å². The molecule has 1 fully saturated rings. The zero-order valence-electron chi connectivity index (χ0n) is 18.9. The summed E-state index contributed by atoms with van der Waals surface area (Å²) in [6, 6.07) is 12.3. The summed E-state index contributed by atoms with van der Waals surface area (Å²) in [5.74, 6) is -3.56. The van der Waals surface area contributed by atoms with Gasteiger partial charge in [-0.25, -0.2) is 9.18 Å². The minimum absolute atomic E-state index is 0.0152. The Morgan fingerprint density at radius 1 is 1.03 bits per heavy atom. The number of pyridine rings is 1. The van der Waals surface area contributed by atoms with Gasteiger partial charge in [-0.2, -0.15) is 0 Å². The van der Waals surface area contributed by atoms with Crippen LogP contribution in [0.1, 0.15) is 33.1 Å². The fraction of sp³-hybridized carbons (Fsp3) is 0.154. The van der Waals surface area contributed by atoms with Gasteiger partial charge < -0.3 is 19.5 Å². The van der Waals surface area contributed by atoms with Crippen LogP contribution in [0.3, 0.4) is 0 Å². The molecule has 0 aliphatic carbocycles. The van der Waals surface area contributed by atoms with Gasteiger partial charge in [-0.15, -0.1) is 0 Å².